The Morgan fingerprint density at radius 2 is 2.00 bits per heavy atom. The Labute approximate surface area is 130 Å². The van der Waals surface area contributed by atoms with Crippen molar-refractivity contribution in [2.24, 2.45) is 11.8 Å². The molecule has 0 radical (unpaired) electrons. The van der Waals surface area contributed by atoms with Crippen LogP contribution in [-0.4, -0.2) is 23.5 Å². The number of nitrogens with zero attached hydrogens (tertiary/aromatic N) is 1. The highest BCUT2D eigenvalue weighted by atomic mass is 32.1. The molecule has 0 saturated heterocycles. The SMILES string of the molecule is CCOC(=O)c1c(N)nsc1NCC1CCC(CC)CC1. The summed E-state index contributed by atoms with van der Waals surface area (Å²) in [6, 6.07) is 0. The van der Waals surface area contributed by atoms with Crippen LogP contribution in [0.15, 0.2) is 0 Å². The molecule has 0 aliphatic heterocycles. The third-order valence-corrected chi connectivity index (χ3v) is 5.11. The topological polar surface area (TPSA) is 77.2 Å². The van der Waals surface area contributed by atoms with Gasteiger partial charge in [0.1, 0.15) is 10.6 Å². The summed E-state index contributed by atoms with van der Waals surface area (Å²) < 4.78 is 9.10. The lowest BCUT2D eigenvalue weighted by atomic mass is 9.81. The number of anilines is 2. The van der Waals surface area contributed by atoms with Crippen LogP contribution in [0.2, 0.25) is 0 Å². The molecule has 1 heterocycles. The maximum Gasteiger partial charge on any atom is 0.344 e. The second kappa shape index (κ2) is 7.64. The Balaban J connectivity index is 1.90. The molecule has 0 bridgehead atoms. The van der Waals surface area contributed by atoms with Gasteiger partial charge in [-0.1, -0.05) is 26.2 Å². The second-order valence-electron chi connectivity index (χ2n) is 5.67. The zero-order valence-corrected chi connectivity index (χ0v) is 13.7. The largest absolute Gasteiger partial charge is 0.462 e. The second-order valence-corrected chi connectivity index (χ2v) is 6.44. The normalized spacial score (nSPS) is 22.0. The van der Waals surface area contributed by atoms with E-state index in [1.165, 1.54) is 43.6 Å². The molecule has 21 heavy (non-hydrogen) atoms. The maximum absolute atomic E-state index is 11.9. The molecule has 1 aliphatic rings. The molecule has 0 spiro atoms. The number of rotatable bonds is 6. The van der Waals surface area contributed by atoms with Gasteiger partial charge in [-0.25, -0.2) is 4.79 Å². The van der Waals surface area contributed by atoms with Crippen molar-refractivity contribution in [1.82, 2.24) is 4.37 Å². The average Bonchev–Trinajstić information content (AvgIpc) is 2.87. The average molecular weight is 311 g/mol. The molecule has 1 fully saturated rings. The Morgan fingerprint density at radius 3 is 2.62 bits per heavy atom. The van der Waals surface area contributed by atoms with E-state index in [-0.39, 0.29) is 11.8 Å². The van der Waals surface area contributed by atoms with E-state index in [9.17, 15) is 4.79 Å². The summed E-state index contributed by atoms with van der Waals surface area (Å²) in [4.78, 5) is 11.9. The molecular formula is C15H25N3O2S. The molecule has 118 valence electrons. The third kappa shape index (κ3) is 4.09. The molecule has 0 aromatic carbocycles. The van der Waals surface area contributed by atoms with Crippen LogP contribution in [0.25, 0.3) is 0 Å². The molecule has 1 aliphatic carbocycles. The molecule has 6 heteroatoms. The first-order valence-electron chi connectivity index (χ1n) is 7.81. The van der Waals surface area contributed by atoms with Crippen LogP contribution in [0, 0.1) is 11.8 Å². The number of aromatic nitrogens is 1. The molecule has 2 rings (SSSR count). The number of esters is 1. The fourth-order valence-electron chi connectivity index (χ4n) is 2.90. The molecule has 0 unspecified atom stereocenters. The Kier molecular flexibility index (Phi) is 5.85. The van der Waals surface area contributed by atoms with Gasteiger partial charge in [-0.05, 0) is 43.1 Å². The van der Waals surface area contributed by atoms with Gasteiger partial charge in [0.15, 0.2) is 5.82 Å². The van der Waals surface area contributed by atoms with Crippen molar-refractivity contribution in [3.05, 3.63) is 5.56 Å². The van der Waals surface area contributed by atoms with Gasteiger partial charge in [-0.15, -0.1) is 0 Å². The number of hydrogen-bond acceptors (Lipinski definition) is 6. The molecule has 3 N–H and O–H groups in total. The van der Waals surface area contributed by atoms with Gasteiger partial charge in [-0.3, -0.25) is 0 Å². The molecule has 5 nitrogen and oxygen atoms in total. The van der Waals surface area contributed by atoms with Gasteiger partial charge in [0, 0.05) is 6.54 Å². The van der Waals surface area contributed by atoms with Crippen LogP contribution in [0.1, 0.15) is 56.3 Å². The van der Waals surface area contributed by atoms with E-state index in [0.29, 0.717) is 18.1 Å². The highest BCUT2D eigenvalue weighted by molar-refractivity contribution is 7.11. The fraction of sp³-hybridized carbons (Fsp3) is 0.733. The summed E-state index contributed by atoms with van der Waals surface area (Å²) in [6.45, 7) is 5.28. The Bertz CT molecular complexity index is 467. The lowest BCUT2D eigenvalue weighted by Crippen LogP contribution is -2.21. The summed E-state index contributed by atoms with van der Waals surface area (Å²) in [6.07, 6.45) is 6.44. The molecule has 1 aromatic heterocycles. The Hall–Kier alpha value is -1.30. The van der Waals surface area contributed by atoms with Crippen molar-refractivity contribution < 1.29 is 9.53 Å². The zero-order valence-electron chi connectivity index (χ0n) is 12.9. The highest BCUT2D eigenvalue weighted by Gasteiger charge is 2.23. The Morgan fingerprint density at radius 1 is 1.33 bits per heavy atom. The highest BCUT2D eigenvalue weighted by Crippen LogP contribution is 2.32. The summed E-state index contributed by atoms with van der Waals surface area (Å²) in [5.74, 6) is 1.44. The number of nitrogens with one attached hydrogen (secondary N) is 1. The van der Waals surface area contributed by atoms with E-state index in [1.54, 1.807) is 6.92 Å². The molecular weight excluding hydrogens is 286 g/mol. The van der Waals surface area contributed by atoms with E-state index in [0.717, 1.165) is 17.5 Å². The maximum atomic E-state index is 11.9. The number of carbonyl (C=O) groups excluding carboxylic acids is 1. The molecule has 0 amide bonds. The summed E-state index contributed by atoms with van der Waals surface area (Å²) in [5.41, 5.74) is 6.17. The predicted octanol–water partition coefficient (Wildman–Crippen LogP) is 3.53. The number of nitrogen functional groups attached to an aromatic ring is 1. The number of nitrogens with two attached hydrogens (primary N) is 1. The van der Waals surface area contributed by atoms with Crippen LogP contribution in [0.4, 0.5) is 10.8 Å². The lowest BCUT2D eigenvalue weighted by Gasteiger charge is -2.27. The minimum absolute atomic E-state index is 0.260. The molecule has 0 atom stereocenters. The first-order chi connectivity index (χ1) is 10.2. The van der Waals surface area contributed by atoms with Gasteiger partial charge in [0.25, 0.3) is 0 Å². The smallest absolute Gasteiger partial charge is 0.344 e. The van der Waals surface area contributed by atoms with Crippen LogP contribution in [0.3, 0.4) is 0 Å². The van der Waals surface area contributed by atoms with Gasteiger partial charge >= 0.3 is 5.97 Å². The van der Waals surface area contributed by atoms with E-state index in [4.69, 9.17) is 10.5 Å². The van der Waals surface area contributed by atoms with Crippen LogP contribution in [-0.2, 0) is 4.74 Å². The molecule has 1 saturated carbocycles. The third-order valence-electron chi connectivity index (χ3n) is 4.29. The van der Waals surface area contributed by atoms with Crippen molar-refractivity contribution in [1.29, 1.82) is 0 Å². The van der Waals surface area contributed by atoms with Gasteiger partial charge in [0.05, 0.1) is 6.61 Å². The van der Waals surface area contributed by atoms with Crippen molar-refractivity contribution in [2.45, 2.75) is 46.0 Å². The fourth-order valence-corrected chi connectivity index (χ4v) is 3.61. The summed E-state index contributed by atoms with van der Waals surface area (Å²) >= 11 is 1.24. The van der Waals surface area contributed by atoms with Gasteiger partial charge in [-0.2, -0.15) is 4.37 Å². The monoisotopic (exact) mass is 311 g/mol. The van der Waals surface area contributed by atoms with Crippen LogP contribution >= 0.6 is 11.5 Å². The van der Waals surface area contributed by atoms with Crippen LogP contribution < -0.4 is 11.1 Å². The first kappa shape index (κ1) is 16.1. The predicted molar refractivity (Wildman–Crippen MR) is 86.7 cm³/mol. The number of carbonyl (C=O) groups is 1. The molecule has 1 aromatic rings. The van der Waals surface area contributed by atoms with Gasteiger partial charge < -0.3 is 15.8 Å². The zero-order chi connectivity index (χ0) is 15.2. The van der Waals surface area contributed by atoms with Crippen molar-refractivity contribution >= 4 is 28.3 Å². The van der Waals surface area contributed by atoms with E-state index in [2.05, 4.69) is 16.6 Å². The minimum atomic E-state index is -0.388. The lowest BCUT2D eigenvalue weighted by molar-refractivity contribution is 0.0529. The standard InChI is InChI=1S/C15H25N3O2S/c1-3-10-5-7-11(8-6-10)9-17-14-12(13(16)18-21-14)15(19)20-4-2/h10-11,17H,3-9H2,1-2H3,(H2,16,18). The van der Waals surface area contributed by atoms with Crippen molar-refractivity contribution in [3.63, 3.8) is 0 Å². The first-order valence-corrected chi connectivity index (χ1v) is 8.59. The number of hydrogen-bond donors (Lipinski definition) is 2. The quantitative estimate of drug-likeness (QED) is 0.786. The minimum Gasteiger partial charge on any atom is -0.462 e. The summed E-state index contributed by atoms with van der Waals surface area (Å²) in [7, 11) is 0. The number of ether oxygens (including phenoxy) is 1. The van der Waals surface area contributed by atoms with E-state index in [1.807, 2.05) is 0 Å². The van der Waals surface area contributed by atoms with Crippen molar-refractivity contribution in [2.75, 3.05) is 24.2 Å². The van der Waals surface area contributed by atoms with E-state index >= 15 is 0 Å². The van der Waals surface area contributed by atoms with Gasteiger partial charge in [0.2, 0.25) is 0 Å². The van der Waals surface area contributed by atoms with Crippen LogP contribution in [0.5, 0.6) is 0 Å². The van der Waals surface area contributed by atoms with Crippen molar-refractivity contribution in [3.8, 4) is 0 Å². The summed E-state index contributed by atoms with van der Waals surface area (Å²) in [5, 5.41) is 4.09. The van der Waals surface area contributed by atoms with E-state index < -0.39 is 0 Å².